The second-order valence-electron chi connectivity index (χ2n) is 11.2. The standard InChI is InChI=1S/C22H38N6O8/c1-21(2,3)34-18(30)23-17(24-19(31)35-22(4,5)6)26-10-9-14(12-26)36-25-16(29)15-8-7-13-11-27(15)20(32)28(13)33/h13-15,17,33H,7-12H2,1-6H3,(H,23,30)(H,24,31)(H,25,29)/t13-,14+,15+/m1/s1. The fraction of sp³-hybridized carbons (Fsp3) is 0.818. The number of hydrogen-bond acceptors (Lipinski definition) is 9. The van der Waals surface area contributed by atoms with Gasteiger partial charge in [-0.2, -0.15) is 0 Å². The number of carbonyl (C=O) groups excluding carboxylic acids is 4. The van der Waals surface area contributed by atoms with E-state index < -0.39 is 53.8 Å². The van der Waals surface area contributed by atoms with Gasteiger partial charge < -0.3 is 14.4 Å². The third-order valence-corrected chi connectivity index (χ3v) is 5.82. The molecule has 3 fully saturated rings. The number of nitrogens with zero attached hydrogens (tertiary/aromatic N) is 3. The molecule has 36 heavy (non-hydrogen) atoms. The Hall–Kier alpha value is -2.84. The Kier molecular flexibility index (Phi) is 8.20. The first-order chi connectivity index (χ1) is 16.6. The van der Waals surface area contributed by atoms with Crippen LogP contribution in [0.15, 0.2) is 0 Å². The van der Waals surface area contributed by atoms with Crippen molar-refractivity contribution in [1.82, 2.24) is 31.0 Å². The Morgan fingerprint density at radius 2 is 1.53 bits per heavy atom. The molecule has 0 spiro atoms. The van der Waals surface area contributed by atoms with Gasteiger partial charge in [0.1, 0.15) is 17.2 Å². The fourth-order valence-electron chi connectivity index (χ4n) is 4.27. The van der Waals surface area contributed by atoms with Gasteiger partial charge in [0, 0.05) is 19.6 Å². The highest BCUT2D eigenvalue weighted by Gasteiger charge is 2.47. The van der Waals surface area contributed by atoms with Crippen LogP contribution in [0.3, 0.4) is 0 Å². The lowest BCUT2D eigenvalue weighted by Gasteiger charge is -2.31. The van der Waals surface area contributed by atoms with Gasteiger partial charge in [-0.25, -0.2) is 24.9 Å². The Morgan fingerprint density at radius 3 is 2.08 bits per heavy atom. The van der Waals surface area contributed by atoms with Crippen molar-refractivity contribution in [3.8, 4) is 0 Å². The van der Waals surface area contributed by atoms with Gasteiger partial charge in [0.2, 0.25) is 0 Å². The SMILES string of the molecule is CC(C)(C)OC(=O)NC(NC(=O)OC(C)(C)C)N1CC[C@H](ONC(=O)[C@@H]2CC[C@@H]3CN2C(=O)N3O)C1. The number of urea groups is 1. The quantitative estimate of drug-likeness (QED) is 0.231. The van der Waals surface area contributed by atoms with E-state index in [2.05, 4.69) is 16.1 Å². The zero-order chi connectivity index (χ0) is 26.8. The molecule has 3 saturated heterocycles. The van der Waals surface area contributed by atoms with Gasteiger partial charge in [-0.15, -0.1) is 0 Å². The molecule has 5 amide bonds. The molecule has 2 bridgehead atoms. The Morgan fingerprint density at radius 1 is 0.944 bits per heavy atom. The van der Waals surface area contributed by atoms with Crippen LogP contribution in [0.4, 0.5) is 14.4 Å². The number of fused-ring (bicyclic) bond motifs is 2. The molecule has 14 nitrogen and oxygen atoms in total. The molecule has 3 aliphatic heterocycles. The zero-order valence-electron chi connectivity index (χ0n) is 21.7. The number of amides is 5. The van der Waals surface area contributed by atoms with Crippen LogP contribution in [0.25, 0.3) is 0 Å². The van der Waals surface area contributed by atoms with Crippen molar-refractivity contribution in [3.05, 3.63) is 0 Å². The lowest BCUT2D eigenvalue weighted by Crippen LogP contribution is -2.59. The van der Waals surface area contributed by atoms with Crippen molar-refractivity contribution in [1.29, 1.82) is 0 Å². The van der Waals surface area contributed by atoms with Gasteiger partial charge in [0.15, 0.2) is 6.29 Å². The van der Waals surface area contributed by atoms with E-state index >= 15 is 0 Å². The number of hydroxylamine groups is 3. The number of nitrogens with one attached hydrogen (secondary N) is 3. The first-order valence-electron chi connectivity index (χ1n) is 12.1. The molecule has 0 aromatic rings. The van der Waals surface area contributed by atoms with Crippen LogP contribution < -0.4 is 16.1 Å². The van der Waals surface area contributed by atoms with E-state index in [9.17, 15) is 24.4 Å². The highest BCUT2D eigenvalue weighted by molar-refractivity contribution is 5.87. The first-order valence-corrected chi connectivity index (χ1v) is 12.1. The summed E-state index contributed by atoms with van der Waals surface area (Å²) in [7, 11) is 0. The average Bonchev–Trinajstić information content (AvgIpc) is 3.29. The minimum Gasteiger partial charge on any atom is -0.444 e. The number of likely N-dealkylation sites (tertiary alicyclic amines) is 1. The third kappa shape index (κ3) is 7.34. The molecule has 0 unspecified atom stereocenters. The fourth-order valence-corrected chi connectivity index (χ4v) is 4.27. The largest absolute Gasteiger partial charge is 0.444 e. The Balaban J connectivity index is 1.55. The van der Waals surface area contributed by atoms with Gasteiger partial charge >= 0.3 is 18.2 Å². The van der Waals surface area contributed by atoms with Crippen molar-refractivity contribution < 1.29 is 38.7 Å². The van der Waals surface area contributed by atoms with E-state index in [0.29, 0.717) is 37.4 Å². The summed E-state index contributed by atoms with van der Waals surface area (Å²) in [6.45, 7) is 11.4. The van der Waals surface area contributed by atoms with Gasteiger partial charge in [-0.3, -0.25) is 30.4 Å². The molecule has 204 valence electrons. The van der Waals surface area contributed by atoms with E-state index in [1.807, 2.05) is 0 Å². The van der Waals surface area contributed by atoms with Crippen LogP contribution in [0.1, 0.15) is 60.8 Å². The number of piperidine rings is 1. The highest BCUT2D eigenvalue weighted by Crippen LogP contribution is 2.28. The number of carbonyl (C=O) groups is 4. The minimum absolute atomic E-state index is 0.274. The summed E-state index contributed by atoms with van der Waals surface area (Å²) in [5.41, 5.74) is 0.969. The lowest BCUT2D eigenvalue weighted by atomic mass is 10.0. The third-order valence-electron chi connectivity index (χ3n) is 5.82. The lowest BCUT2D eigenvalue weighted by molar-refractivity contribution is -0.143. The molecule has 0 aliphatic carbocycles. The van der Waals surface area contributed by atoms with Gasteiger partial charge in [-0.05, 0) is 60.8 Å². The van der Waals surface area contributed by atoms with E-state index in [4.69, 9.17) is 14.3 Å². The van der Waals surface area contributed by atoms with Crippen LogP contribution in [-0.2, 0) is 19.1 Å². The predicted octanol–water partition coefficient (Wildman–Crippen LogP) is 1.10. The average molecular weight is 515 g/mol. The highest BCUT2D eigenvalue weighted by atomic mass is 16.7. The van der Waals surface area contributed by atoms with Crippen molar-refractivity contribution >= 4 is 24.1 Å². The van der Waals surface area contributed by atoms with E-state index in [-0.39, 0.29) is 12.6 Å². The van der Waals surface area contributed by atoms with Gasteiger partial charge in [0.05, 0.1) is 12.1 Å². The Labute approximate surface area is 210 Å². The summed E-state index contributed by atoms with van der Waals surface area (Å²) >= 11 is 0. The molecular formula is C22H38N6O8. The molecule has 3 rings (SSSR count). The molecule has 3 aliphatic rings. The molecule has 0 saturated carbocycles. The van der Waals surface area contributed by atoms with Crippen LogP contribution >= 0.6 is 0 Å². The molecule has 3 atom stereocenters. The summed E-state index contributed by atoms with van der Waals surface area (Å²) in [5, 5.41) is 15.7. The molecule has 0 aromatic carbocycles. The van der Waals surface area contributed by atoms with Gasteiger partial charge in [-0.1, -0.05) is 0 Å². The second-order valence-corrected chi connectivity index (χ2v) is 11.2. The molecule has 0 radical (unpaired) electrons. The maximum Gasteiger partial charge on any atom is 0.410 e. The van der Waals surface area contributed by atoms with Crippen molar-refractivity contribution in [3.63, 3.8) is 0 Å². The molecule has 14 heteroatoms. The van der Waals surface area contributed by atoms with Crippen molar-refractivity contribution in [2.24, 2.45) is 0 Å². The number of alkyl carbamates (subject to hydrolysis) is 2. The summed E-state index contributed by atoms with van der Waals surface area (Å²) in [5.74, 6) is -0.467. The van der Waals surface area contributed by atoms with E-state index in [0.717, 1.165) is 0 Å². The maximum absolute atomic E-state index is 12.7. The number of rotatable bonds is 6. The van der Waals surface area contributed by atoms with E-state index in [1.54, 1.807) is 46.4 Å². The zero-order valence-corrected chi connectivity index (χ0v) is 21.7. The summed E-state index contributed by atoms with van der Waals surface area (Å²) in [6.07, 6.45) is -1.37. The number of hydrogen-bond donors (Lipinski definition) is 4. The maximum atomic E-state index is 12.7. The first kappa shape index (κ1) is 27.7. The molecule has 4 N–H and O–H groups in total. The second kappa shape index (κ2) is 10.6. The van der Waals surface area contributed by atoms with Crippen LogP contribution in [0.5, 0.6) is 0 Å². The monoisotopic (exact) mass is 514 g/mol. The normalized spacial score (nSPS) is 24.7. The number of ether oxygens (including phenoxy) is 2. The summed E-state index contributed by atoms with van der Waals surface area (Å²) in [6, 6.07) is -1.61. The van der Waals surface area contributed by atoms with Crippen molar-refractivity contribution in [2.75, 3.05) is 19.6 Å². The molecule has 3 heterocycles. The molecular weight excluding hydrogens is 476 g/mol. The smallest absolute Gasteiger partial charge is 0.410 e. The van der Waals surface area contributed by atoms with Gasteiger partial charge in [0.25, 0.3) is 5.91 Å². The van der Waals surface area contributed by atoms with E-state index in [1.165, 1.54) is 4.90 Å². The topological polar surface area (TPSA) is 162 Å². The van der Waals surface area contributed by atoms with Crippen LogP contribution in [0.2, 0.25) is 0 Å². The van der Waals surface area contributed by atoms with Crippen molar-refractivity contribution in [2.45, 2.75) is 96.5 Å². The summed E-state index contributed by atoms with van der Waals surface area (Å²) in [4.78, 5) is 58.2. The summed E-state index contributed by atoms with van der Waals surface area (Å²) < 4.78 is 10.6. The molecule has 0 aromatic heterocycles. The minimum atomic E-state index is -0.938. The Bertz CT molecular complexity index is 826. The van der Waals surface area contributed by atoms with Crippen LogP contribution in [-0.4, -0.2) is 99.5 Å². The predicted molar refractivity (Wildman–Crippen MR) is 124 cm³/mol. The van der Waals surface area contributed by atoms with Crippen LogP contribution in [0, 0.1) is 0 Å².